The van der Waals surface area contributed by atoms with E-state index in [-0.39, 0.29) is 11.1 Å². The van der Waals surface area contributed by atoms with Crippen molar-refractivity contribution in [1.29, 1.82) is 0 Å². The molecule has 12 heteroatoms. The largest absolute Gasteiger partial charge is 0.618 e. The number of ether oxygens (including phenoxy) is 1. The van der Waals surface area contributed by atoms with E-state index in [0.29, 0.717) is 12.1 Å². The number of nitrogens with two attached hydrogens (primary N) is 1. The highest BCUT2D eigenvalue weighted by molar-refractivity contribution is 6.33. The predicted molar refractivity (Wildman–Crippen MR) is 77.9 cm³/mol. The number of methoxy groups -OCH3 is 1. The van der Waals surface area contributed by atoms with Gasteiger partial charge in [-0.2, -0.15) is 13.2 Å². The molecule has 0 spiro atoms. The number of allylic oxidation sites excluding steroid dienone is 1. The minimum absolute atomic E-state index is 0.0136. The molecule has 2 rings (SSSR count). The second kappa shape index (κ2) is 6.26. The van der Waals surface area contributed by atoms with E-state index in [9.17, 15) is 32.4 Å². The van der Waals surface area contributed by atoms with Gasteiger partial charge in [0.1, 0.15) is 5.70 Å². The van der Waals surface area contributed by atoms with Crippen molar-refractivity contribution in [3.05, 3.63) is 45.5 Å². The van der Waals surface area contributed by atoms with E-state index in [4.69, 9.17) is 17.4 Å². The molecule has 1 aromatic carbocycles. The summed E-state index contributed by atoms with van der Waals surface area (Å²) in [4.78, 5) is 23.6. The Hall–Kier alpha value is -2.21. The molecule has 0 bridgehead atoms. The van der Waals surface area contributed by atoms with Crippen molar-refractivity contribution in [1.82, 2.24) is 9.66 Å². The summed E-state index contributed by atoms with van der Waals surface area (Å²) in [6, 6.07) is 1.23. The molecule has 0 aliphatic carbocycles. The number of rotatable bonds is 2. The lowest BCUT2D eigenvalue weighted by Gasteiger charge is -2.44. The number of hydrogen-bond donors (Lipinski definition) is 1. The van der Waals surface area contributed by atoms with Crippen molar-refractivity contribution in [2.24, 2.45) is 5.84 Å². The minimum atomic E-state index is -4.98. The first-order valence-electron chi connectivity index (χ1n) is 6.44. The van der Waals surface area contributed by atoms with Crippen LogP contribution < -0.4 is 10.5 Å². The van der Waals surface area contributed by atoms with Crippen molar-refractivity contribution < 1.29 is 31.9 Å². The number of esters is 1. The van der Waals surface area contributed by atoms with Crippen LogP contribution in [0.15, 0.2) is 23.9 Å². The van der Waals surface area contributed by atoms with E-state index in [0.717, 1.165) is 7.11 Å². The Morgan fingerprint density at radius 3 is 2.56 bits per heavy atom. The lowest BCUT2D eigenvalue weighted by Crippen LogP contribution is -2.61. The monoisotopic (exact) mass is 383 g/mol. The van der Waals surface area contributed by atoms with Gasteiger partial charge >= 0.3 is 18.1 Å². The number of halogens is 5. The molecule has 1 aromatic rings. The van der Waals surface area contributed by atoms with Gasteiger partial charge in [-0.15, -0.1) is 0 Å². The molecule has 0 saturated heterocycles. The molecule has 0 aromatic heterocycles. The van der Waals surface area contributed by atoms with Gasteiger partial charge in [-0.1, -0.05) is 11.6 Å². The molecule has 25 heavy (non-hydrogen) atoms. The highest BCUT2D eigenvalue weighted by Gasteiger charge is 2.47. The van der Waals surface area contributed by atoms with Crippen LogP contribution >= 0.6 is 11.6 Å². The number of amides is 1. The maximum atomic E-state index is 14.2. The van der Waals surface area contributed by atoms with Crippen LogP contribution in [-0.2, 0) is 9.53 Å². The van der Waals surface area contributed by atoms with Crippen LogP contribution in [-0.4, -0.2) is 36.8 Å². The van der Waals surface area contributed by atoms with E-state index in [1.165, 1.54) is 0 Å². The zero-order valence-electron chi connectivity index (χ0n) is 12.4. The summed E-state index contributed by atoms with van der Waals surface area (Å²) in [6.45, 7) is -1.26. The smallest absolute Gasteiger partial charge is 0.433 e. The van der Waals surface area contributed by atoms with Crippen molar-refractivity contribution in [2.45, 2.75) is 6.18 Å². The average Bonchev–Trinajstić information content (AvgIpc) is 2.49. The summed E-state index contributed by atoms with van der Waals surface area (Å²) in [5.41, 5.74) is -2.91. The quantitative estimate of drug-likeness (QED) is 0.276. The van der Waals surface area contributed by atoms with Crippen molar-refractivity contribution in [3.8, 4) is 0 Å². The first-order valence-corrected chi connectivity index (χ1v) is 6.82. The van der Waals surface area contributed by atoms with Gasteiger partial charge in [0.15, 0.2) is 18.2 Å². The van der Waals surface area contributed by atoms with Gasteiger partial charge in [0, 0.05) is 6.07 Å². The second-order valence-electron chi connectivity index (χ2n) is 4.99. The van der Waals surface area contributed by atoms with Gasteiger partial charge in [0.05, 0.1) is 23.8 Å². The fourth-order valence-electron chi connectivity index (χ4n) is 2.18. The molecule has 0 fully saturated rings. The van der Waals surface area contributed by atoms with Crippen LogP contribution in [0.1, 0.15) is 10.4 Å². The molecular weight excluding hydrogens is 374 g/mol. The third-order valence-corrected chi connectivity index (χ3v) is 3.71. The van der Waals surface area contributed by atoms with Crippen LogP contribution in [0.5, 0.6) is 0 Å². The molecule has 1 heterocycles. The highest BCUT2D eigenvalue weighted by atomic mass is 35.5. The Morgan fingerprint density at radius 2 is 2.04 bits per heavy atom. The van der Waals surface area contributed by atoms with Gasteiger partial charge in [0.2, 0.25) is 0 Å². The second-order valence-corrected chi connectivity index (χ2v) is 5.40. The van der Waals surface area contributed by atoms with Crippen LogP contribution in [0, 0.1) is 11.0 Å². The van der Waals surface area contributed by atoms with Gasteiger partial charge in [-0.05, 0) is 6.07 Å². The van der Waals surface area contributed by atoms with Gasteiger partial charge in [0.25, 0.3) is 0 Å². The Kier molecular flexibility index (Phi) is 4.79. The first-order chi connectivity index (χ1) is 11.4. The number of nitrogens with zero attached hydrogens (tertiary/aromatic N) is 2. The number of hydrogen-bond acceptors (Lipinski definition) is 6. The van der Waals surface area contributed by atoms with E-state index in [1.807, 2.05) is 0 Å². The Morgan fingerprint density at radius 1 is 1.44 bits per heavy atom. The molecule has 0 radical (unpaired) electrons. The Bertz CT molecular complexity index is 783. The molecular formula is C13H10ClF4N3O4. The fourth-order valence-corrected chi connectivity index (χ4v) is 2.41. The van der Waals surface area contributed by atoms with Crippen LogP contribution in [0.2, 0.25) is 5.02 Å². The molecule has 1 amide bonds. The van der Waals surface area contributed by atoms with Crippen molar-refractivity contribution >= 4 is 29.2 Å². The maximum absolute atomic E-state index is 14.2. The zero-order valence-corrected chi connectivity index (χ0v) is 13.2. The first kappa shape index (κ1) is 19.1. The lowest BCUT2D eigenvalue weighted by molar-refractivity contribution is -0.136. The molecule has 1 aliphatic heterocycles. The zero-order chi connectivity index (χ0) is 19.2. The molecule has 0 saturated carbocycles. The minimum Gasteiger partial charge on any atom is -0.618 e. The number of carbonyl (C=O) groups excluding carboxylic acids is 2. The lowest BCUT2D eigenvalue weighted by atomic mass is 10.1. The summed E-state index contributed by atoms with van der Waals surface area (Å²) >= 11 is 5.68. The normalized spacial score (nSPS) is 21.2. The summed E-state index contributed by atoms with van der Waals surface area (Å²) < 4.78 is 54.6. The molecule has 2 N–H and O–H groups in total. The van der Waals surface area contributed by atoms with E-state index in [2.05, 4.69) is 4.74 Å². The third-order valence-electron chi connectivity index (χ3n) is 3.40. The van der Waals surface area contributed by atoms with Gasteiger partial charge in [-0.3, -0.25) is 5.01 Å². The summed E-state index contributed by atoms with van der Waals surface area (Å²) in [7, 11) is 0.995. The maximum Gasteiger partial charge on any atom is 0.433 e. The van der Waals surface area contributed by atoms with Crippen LogP contribution in [0.4, 0.5) is 23.2 Å². The number of hydrazine groups is 1. The molecule has 7 nitrogen and oxygen atoms in total. The number of carbonyl (C=O) groups is 2. The van der Waals surface area contributed by atoms with E-state index >= 15 is 0 Å². The van der Waals surface area contributed by atoms with Gasteiger partial charge < -0.3 is 9.94 Å². The Labute approximate surface area is 142 Å². The third kappa shape index (κ3) is 3.31. The number of alkyl halides is 3. The van der Waals surface area contributed by atoms with Crippen LogP contribution in [0.3, 0.4) is 0 Å². The van der Waals surface area contributed by atoms with Crippen LogP contribution in [0.25, 0.3) is 0 Å². The van der Waals surface area contributed by atoms with Gasteiger partial charge in [-0.25, -0.2) is 24.5 Å². The van der Waals surface area contributed by atoms with Crippen molar-refractivity contribution in [2.75, 3.05) is 13.8 Å². The molecule has 136 valence electrons. The molecule has 1 atom stereocenters. The van der Waals surface area contributed by atoms with E-state index < -0.39 is 57.2 Å². The summed E-state index contributed by atoms with van der Waals surface area (Å²) in [5.74, 6) is 1.24. The fraction of sp³-hybridized carbons (Fsp3) is 0.231. The van der Waals surface area contributed by atoms with E-state index in [1.54, 1.807) is 0 Å². The average molecular weight is 384 g/mol. The molecule has 1 unspecified atom stereocenters. The topological polar surface area (TPSA) is 95.7 Å². The number of hydroxylamine groups is 2. The number of quaternary nitrogens is 1. The summed E-state index contributed by atoms with van der Waals surface area (Å²) in [6.07, 6.45) is -5.01. The SMILES string of the molecule is COC(=O)c1cc([N+]2([O-])CN(N)C(C(F)(F)F)=CC2=O)c(F)cc1Cl. The standard InChI is InChI=1S/C13H10ClF4N3O4/c1-25-12(23)6-2-9(8(15)3-7(6)14)21(24)5-20(19)10(4-11(21)22)13(16,17)18/h2-4H,5,19H2,1H3. The highest BCUT2D eigenvalue weighted by Crippen LogP contribution is 2.37. The number of benzene rings is 1. The predicted octanol–water partition coefficient (Wildman–Crippen LogP) is 2.19. The Balaban J connectivity index is 2.60. The summed E-state index contributed by atoms with van der Waals surface area (Å²) in [5, 5.41) is 12.3. The van der Waals surface area contributed by atoms with Crippen molar-refractivity contribution in [3.63, 3.8) is 0 Å². The molecule has 1 aliphatic rings.